The number of hydrogen-bond acceptors (Lipinski definition) is 13. The quantitative estimate of drug-likeness (QED) is 0.301. The molecule has 0 unspecified atom stereocenters. The second-order valence-corrected chi connectivity index (χ2v) is 10.9. The van der Waals surface area contributed by atoms with Crippen molar-refractivity contribution in [2.75, 3.05) is 37.7 Å². The van der Waals surface area contributed by atoms with Crippen LogP contribution in [0.3, 0.4) is 0 Å². The van der Waals surface area contributed by atoms with Crippen molar-refractivity contribution in [2.24, 2.45) is 0 Å². The van der Waals surface area contributed by atoms with Gasteiger partial charge in [0.15, 0.2) is 24.5 Å². The van der Waals surface area contributed by atoms with Crippen molar-refractivity contribution in [3.63, 3.8) is 0 Å². The zero-order chi connectivity index (χ0) is 33.9. The molecule has 1 aromatic carbocycles. The molecule has 1 N–H and O–H groups in total. The van der Waals surface area contributed by atoms with Crippen LogP contribution in [0.2, 0.25) is 0 Å². The first-order valence-electron chi connectivity index (χ1n) is 14.6. The molecule has 16 heteroatoms. The number of esters is 4. The van der Waals surface area contributed by atoms with Crippen molar-refractivity contribution in [2.45, 2.75) is 71.8 Å². The molecule has 0 amide bonds. The summed E-state index contributed by atoms with van der Waals surface area (Å²) >= 11 is 0. The van der Waals surface area contributed by atoms with Gasteiger partial charge in [0.25, 0.3) is 0 Å². The lowest BCUT2D eigenvalue weighted by Crippen LogP contribution is -2.67. The van der Waals surface area contributed by atoms with Crippen LogP contribution in [0.4, 0.5) is 10.1 Å². The molecule has 2 aliphatic heterocycles. The zero-order valence-electron chi connectivity index (χ0n) is 26.0. The predicted octanol–water partition coefficient (Wildman–Crippen LogP) is 1.06. The number of aromatic nitrogens is 1. The van der Waals surface area contributed by atoms with E-state index in [9.17, 15) is 33.9 Å². The Bertz CT molecular complexity index is 1580. The van der Waals surface area contributed by atoms with Gasteiger partial charge in [0, 0.05) is 72.0 Å². The van der Waals surface area contributed by atoms with E-state index in [1.807, 2.05) is 0 Å². The molecule has 2 fully saturated rings. The van der Waals surface area contributed by atoms with Gasteiger partial charge < -0.3 is 38.3 Å². The molecule has 2 aliphatic rings. The number of carbonyl (C=O) groups is 5. The van der Waals surface area contributed by atoms with Gasteiger partial charge in [-0.1, -0.05) is 0 Å². The van der Waals surface area contributed by atoms with Crippen LogP contribution < -0.4 is 10.3 Å². The molecule has 4 rings (SSSR count). The van der Waals surface area contributed by atoms with E-state index in [0.29, 0.717) is 12.1 Å². The van der Waals surface area contributed by atoms with Gasteiger partial charge in [0.2, 0.25) is 5.43 Å². The number of benzene rings is 1. The third-order valence-corrected chi connectivity index (χ3v) is 7.70. The Hall–Kier alpha value is -4.57. The normalized spacial score (nSPS) is 23.4. The van der Waals surface area contributed by atoms with Crippen LogP contribution in [0.5, 0.6) is 0 Å². The van der Waals surface area contributed by atoms with Crippen molar-refractivity contribution in [3.8, 4) is 0 Å². The summed E-state index contributed by atoms with van der Waals surface area (Å²) in [5.74, 6) is -4.96. The molecule has 0 aliphatic carbocycles. The van der Waals surface area contributed by atoms with Crippen LogP contribution in [0.25, 0.3) is 10.9 Å². The van der Waals surface area contributed by atoms with Crippen LogP contribution >= 0.6 is 0 Å². The predicted molar refractivity (Wildman–Crippen MR) is 157 cm³/mol. The summed E-state index contributed by atoms with van der Waals surface area (Å²) in [4.78, 5) is 75.8. The lowest BCUT2D eigenvalue weighted by atomic mass is 9.96. The van der Waals surface area contributed by atoms with Gasteiger partial charge in [0.05, 0.1) is 11.2 Å². The zero-order valence-corrected chi connectivity index (χ0v) is 26.0. The van der Waals surface area contributed by atoms with Gasteiger partial charge >= 0.3 is 29.8 Å². The highest BCUT2D eigenvalue weighted by Crippen LogP contribution is 2.33. The SMILES string of the molecule is CCn1cc(C(=O)O)c(=O)c2cc(F)c(N3CCN([C@@H]4O[C@H](COC(C)=O)[C@H](OC(C)=O)[C@H](OC(C)=O)[C@H]4OC(C)=O)CC3)cc21. The monoisotopic (exact) mass is 649 g/mol. The maximum absolute atomic E-state index is 15.5. The molecule has 2 saturated heterocycles. The number of piperazine rings is 1. The molecule has 0 saturated carbocycles. The van der Waals surface area contributed by atoms with E-state index in [2.05, 4.69) is 0 Å². The molecule has 3 heterocycles. The van der Waals surface area contributed by atoms with E-state index in [0.717, 1.165) is 26.8 Å². The Kier molecular flexibility index (Phi) is 10.6. The summed E-state index contributed by atoms with van der Waals surface area (Å²) in [5, 5.41) is 9.37. The van der Waals surface area contributed by atoms with Gasteiger partial charge in [-0.3, -0.25) is 28.9 Å². The highest BCUT2D eigenvalue weighted by molar-refractivity contribution is 5.93. The third kappa shape index (κ3) is 7.45. The molecule has 2 aromatic rings. The van der Waals surface area contributed by atoms with E-state index in [1.54, 1.807) is 21.3 Å². The lowest BCUT2D eigenvalue weighted by Gasteiger charge is -2.49. The molecule has 1 aromatic heterocycles. The number of anilines is 1. The largest absolute Gasteiger partial charge is 0.477 e. The van der Waals surface area contributed by atoms with E-state index < -0.39 is 77.3 Å². The van der Waals surface area contributed by atoms with Gasteiger partial charge in [0.1, 0.15) is 24.1 Å². The number of ether oxygens (including phenoxy) is 5. The van der Waals surface area contributed by atoms with Crippen molar-refractivity contribution < 1.29 is 57.2 Å². The van der Waals surface area contributed by atoms with Crippen LogP contribution in [0, 0.1) is 5.82 Å². The minimum Gasteiger partial charge on any atom is -0.477 e. The highest BCUT2D eigenvalue weighted by Gasteiger charge is 2.54. The molecule has 0 spiro atoms. The Labute approximate surface area is 262 Å². The number of aromatic carboxylic acids is 1. The average molecular weight is 650 g/mol. The number of carbonyl (C=O) groups excluding carboxylic acids is 4. The number of rotatable bonds is 9. The Balaban J connectivity index is 1.65. The van der Waals surface area contributed by atoms with E-state index in [1.165, 1.54) is 19.2 Å². The van der Waals surface area contributed by atoms with Crippen LogP contribution in [-0.4, -0.2) is 108 Å². The molecule has 5 atom stereocenters. The highest BCUT2D eigenvalue weighted by atomic mass is 19.1. The molecule has 15 nitrogen and oxygen atoms in total. The summed E-state index contributed by atoms with van der Waals surface area (Å²) in [6.07, 6.45) is -4.79. The molecule has 250 valence electrons. The number of carboxylic acid groups (broad SMARTS) is 1. The fourth-order valence-electron chi connectivity index (χ4n) is 5.77. The third-order valence-electron chi connectivity index (χ3n) is 7.70. The van der Waals surface area contributed by atoms with Crippen LogP contribution in [-0.2, 0) is 49.4 Å². The number of pyridine rings is 1. The molecular weight excluding hydrogens is 613 g/mol. The first-order valence-corrected chi connectivity index (χ1v) is 14.6. The standard InChI is InChI=1S/C30H36FN3O12/c1-6-32-13-20(30(40)41)25(39)19-11-21(31)23(12-22(19)32)33-7-9-34(10-8-33)29-28(45-18(5)38)27(44-17(4)37)26(43-16(3)36)24(46-29)14-42-15(2)35/h11-13,24,26-29H,6-10,14H2,1-5H3,(H,40,41)/t24-,26+,27+,28-,29-/m1/s1. The summed E-state index contributed by atoms with van der Waals surface area (Å²) in [6, 6.07) is 2.54. The summed E-state index contributed by atoms with van der Waals surface area (Å²) in [6.45, 7) is 7.27. The van der Waals surface area contributed by atoms with Crippen molar-refractivity contribution in [1.82, 2.24) is 9.47 Å². The van der Waals surface area contributed by atoms with Crippen LogP contribution in [0.1, 0.15) is 45.0 Å². The number of halogens is 1. The molecule has 46 heavy (non-hydrogen) atoms. The van der Waals surface area contributed by atoms with Crippen molar-refractivity contribution in [3.05, 3.63) is 39.9 Å². The fraction of sp³-hybridized carbons (Fsp3) is 0.533. The maximum Gasteiger partial charge on any atom is 0.341 e. The average Bonchev–Trinajstić information content (AvgIpc) is 2.97. The lowest BCUT2D eigenvalue weighted by molar-refractivity contribution is -0.278. The molecule has 0 bridgehead atoms. The first-order chi connectivity index (χ1) is 21.7. The summed E-state index contributed by atoms with van der Waals surface area (Å²) in [5.41, 5.74) is -0.680. The number of carboxylic acids is 1. The second-order valence-electron chi connectivity index (χ2n) is 10.9. The maximum atomic E-state index is 15.5. The minimum absolute atomic E-state index is 0.0564. The summed E-state index contributed by atoms with van der Waals surface area (Å²) < 4.78 is 44.9. The summed E-state index contributed by atoms with van der Waals surface area (Å²) in [7, 11) is 0. The topological polar surface area (TPSA) is 180 Å². The Morgan fingerprint density at radius 3 is 2.02 bits per heavy atom. The van der Waals surface area contributed by atoms with E-state index in [-0.39, 0.29) is 43.9 Å². The smallest absolute Gasteiger partial charge is 0.341 e. The van der Waals surface area contributed by atoms with Gasteiger partial charge in [-0.15, -0.1) is 0 Å². The molecule has 0 radical (unpaired) electrons. The van der Waals surface area contributed by atoms with Crippen LogP contribution in [0.15, 0.2) is 23.1 Å². The fourth-order valence-corrected chi connectivity index (χ4v) is 5.77. The number of nitrogens with zero attached hydrogens (tertiary/aromatic N) is 3. The number of hydrogen-bond donors (Lipinski definition) is 1. The number of aryl methyl sites for hydroxylation is 1. The van der Waals surface area contributed by atoms with Gasteiger partial charge in [-0.2, -0.15) is 0 Å². The van der Waals surface area contributed by atoms with Gasteiger partial charge in [-0.25, -0.2) is 9.18 Å². The Morgan fingerprint density at radius 1 is 0.891 bits per heavy atom. The molecular formula is C30H36FN3O12. The Morgan fingerprint density at radius 2 is 1.48 bits per heavy atom. The van der Waals surface area contributed by atoms with E-state index in [4.69, 9.17) is 23.7 Å². The van der Waals surface area contributed by atoms with Crippen molar-refractivity contribution >= 4 is 46.4 Å². The van der Waals surface area contributed by atoms with Crippen molar-refractivity contribution in [1.29, 1.82) is 0 Å². The van der Waals surface area contributed by atoms with Gasteiger partial charge in [-0.05, 0) is 19.1 Å². The van der Waals surface area contributed by atoms with E-state index >= 15 is 4.39 Å². The minimum atomic E-state index is -1.41. The first kappa shape index (κ1) is 34.3. The second kappa shape index (κ2) is 14.2. The number of fused-ring (bicyclic) bond motifs is 1.